The predicted octanol–water partition coefficient (Wildman–Crippen LogP) is 4.90. The maximum absolute atomic E-state index is 6.00. The van der Waals surface area contributed by atoms with Gasteiger partial charge in [0.2, 0.25) is 0 Å². The van der Waals surface area contributed by atoms with Gasteiger partial charge in [-0.05, 0) is 55.3 Å². The summed E-state index contributed by atoms with van der Waals surface area (Å²) in [7, 11) is 1.97. The van der Waals surface area contributed by atoms with Gasteiger partial charge in [-0.3, -0.25) is 0 Å². The van der Waals surface area contributed by atoms with Gasteiger partial charge in [0.1, 0.15) is 0 Å². The first kappa shape index (κ1) is 14.8. The minimum atomic E-state index is 0.769. The van der Waals surface area contributed by atoms with Crippen LogP contribution in [0.3, 0.4) is 0 Å². The van der Waals surface area contributed by atoms with E-state index >= 15 is 0 Å². The first-order valence-electron chi connectivity index (χ1n) is 6.79. The van der Waals surface area contributed by atoms with Crippen LogP contribution in [0.2, 0.25) is 5.02 Å². The van der Waals surface area contributed by atoms with Crippen molar-refractivity contribution in [3.8, 4) is 0 Å². The Balaban J connectivity index is 2.56. The van der Waals surface area contributed by atoms with Crippen molar-refractivity contribution in [1.29, 1.82) is 0 Å². The molecule has 0 aliphatic rings. The van der Waals surface area contributed by atoms with E-state index in [-0.39, 0.29) is 0 Å². The van der Waals surface area contributed by atoms with Gasteiger partial charge in [0.05, 0.1) is 0 Å². The molecule has 0 bridgehead atoms. The molecule has 0 amide bonds. The van der Waals surface area contributed by atoms with Crippen LogP contribution in [-0.4, -0.2) is 7.05 Å². The van der Waals surface area contributed by atoms with Crippen LogP contribution >= 0.6 is 11.6 Å². The minimum Gasteiger partial charge on any atom is -0.316 e. The molecule has 20 heavy (non-hydrogen) atoms. The van der Waals surface area contributed by atoms with Crippen LogP contribution in [0.15, 0.2) is 54.1 Å². The molecule has 0 aromatic heterocycles. The van der Waals surface area contributed by atoms with Crippen molar-refractivity contribution >= 4 is 17.2 Å². The molecule has 0 aliphatic heterocycles. The molecule has 2 rings (SSSR count). The van der Waals surface area contributed by atoms with E-state index in [9.17, 15) is 0 Å². The van der Waals surface area contributed by atoms with Crippen LogP contribution in [0, 0.1) is 0 Å². The van der Waals surface area contributed by atoms with Crippen LogP contribution in [0.1, 0.15) is 30.5 Å². The number of nitrogens with one attached hydrogen (secondary N) is 1. The van der Waals surface area contributed by atoms with Crippen molar-refractivity contribution in [1.82, 2.24) is 5.32 Å². The van der Waals surface area contributed by atoms with E-state index in [1.165, 1.54) is 27.8 Å². The van der Waals surface area contributed by atoms with Crippen molar-refractivity contribution in [2.75, 3.05) is 7.05 Å². The molecule has 0 radical (unpaired) electrons. The Morgan fingerprint density at radius 2 is 1.65 bits per heavy atom. The molecule has 0 fully saturated rings. The number of benzene rings is 2. The average Bonchev–Trinajstić information content (AvgIpc) is 2.43. The van der Waals surface area contributed by atoms with Gasteiger partial charge in [-0.1, -0.05) is 53.6 Å². The molecule has 0 heterocycles. The highest BCUT2D eigenvalue weighted by molar-refractivity contribution is 6.30. The molecule has 0 aliphatic carbocycles. The molecule has 2 aromatic rings. The predicted molar refractivity (Wildman–Crippen MR) is 88.0 cm³/mol. The van der Waals surface area contributed by atoms with Crippen molar-refractivity contribution in [2.45, 2.75) is 20.4 Å². The molecular formula is C18H20ClN. The second kappa shape index (κ2) is 6.74. The van der Waals surface area contributed by atoms with E-state index in [0.717, 1.165) is 11.6 Å². The minimum absolute atomic E-state index is 0.769. The Kier molecular flexibility index (Phi) is 4.99. The zero-order valence-electron chi connectivity index (χ0n) is 12.2. The Morgan fingerprint density at radius 3 is 2.25 bits per heavy atom. The van der Waals surface area contributed by atoms with Gasteiger partial charge in [0.25, 0.3) is 0 Å². The van der Waals surface area contributed by atoms with Crippen molar-refractivity contribution in [3.63, 3.8) is 0 Å². The Bertz CT molecular complexity index is 608. The van der Waals surface area contributed by atoms with Crippen molar-refractivity contribution in [2.24, 2.45) is 0 Å². The van der Waals surface area contributed by atoms with E-state index in [2.05, 4.69) is 55.6 Å². The van der Waals surface area contributed by atoms with Gasteiger partial charge in [0.15, 0.2) is 0 Å². The number of hydrogen-bond acceptors (Lipinski definition) is 1. The third-order valence-electron chi connectivity index (χ3n) is 3.29. The lowest BCUT2D eigenvalue weighted by molar-refractivity contribution is 0.815. The molecule has 0 atom stereocenters. The summed E-state index contributed by atoms with van der Waals surface area (Å²) in [6.07, 6.45) is 0. The number of hydrogen-bond donors (Lipinski definition) is 1. The van der Waals surface area contributed by atoms with Gasteiger partial charge >= 0.3 is 0 Å². The molecule has 2 aromatic carbocycles. The summed E-state index contributed by atoms with van der Waals surface area (Å²) in [6, 6.07) is 16.6. The molecule has 0 spiro atoms. The lowest BCUT2D eigenvalue weighted by Gasteiger charge is -2.15. The normalized spacial score (nSPS) is 10.4. The van der Waals surface area contributed by atoms with E-state index in [0.29, 0.717) is 0 Å². The summed E-state index contributed by atoms with van der Waals surface area (Å²) >= 11 is 6.00. The number of allylic oxidation sites excluding steroid dienone is 1. The fraction of sp³-hybridized carbons (Fsp3) is 0.222. The second-order valence-electron chi connectivity index (χ2n) is 5.07. The first-order valence-corrected chi connectivity index (χ1v) is 7.17. The van der Waals surface area contributed by atoms with E-state index in [1.54, 1.807) is 0 Å². The molecule has 1 N–H and O–H groups in total. The quantitative estimate of drug-likeness (QED) is 0.842. The summed E-state index contributed by atoms with van der Waals surface area (Å²) < 4.78 is 0. The SMILES string of the molecule is CNCc1ccccc1C(=C(C)C)c1ccc(Cl)cc1. The molecule has 0 saturated heterocycles. The summed E-state index contributed by atoms with van der Waals surface area (Å²) in [4.78, 5) is 0. The summed E-state index contributed by atoms with van der Waals surface area (Å²) in [6.45, 7) is 5.17. The summed E-state index contributed by atoms with van der Waals surface area (Å²) in [5.74, 6) is 0. The van der Waals surface area contributed by atoms with Gasteiger partial charge < -0.3 is 5.32 Å². The molecule has 104 valence electrons. The second-order valence-corrected chi connectivity index (χ2v) is 5.51. The number of halogens is 1. The van der Waals surface area contributed by atoms with Gasteiger partial charge in [0, 0.05) is 11.6 Å². The van der Waals surface area contributed by atoms with E-state index < -0.39 is 0 Å². The van der Waals surface area contributed by atoms with Crippen LogP contribution < -0.4 is 5.32 Å². The largest absolute Gasteiger partial charge is 0.316 e. The highest BCUT2D eigenvalue weighted by Crippen LogP contribution is 2.30. The Labute approximate surface area is 126 Å². The fourth-order valence-electron chi connectivity index (χ4n) is 2.44. The fourth-order valence-corrected chi connectivity index (χ4v) is 2.56. The van der Waals surface area contributed by atoms with Crippen LogP contribution in [0.25, 0.3) is 5.57 Å². The zero-order chi connectivity index (χ0) is 14.5. The van der Waals surface area contributed by atoms with Gasteiger partial charge in [-0.25, -0.2) is 0 Å². The summed E-state index contributed by atoms with van der Waals surface area (Å²) in [5, 5.41) is 4.00. The van der Waals surface area contributed by atoms with Crippen LogP contribution in [0.4, 0.5) is 0 Å². The smallest absolute Gasteiger partial charge is 0.0406 e. The molecule has 0 unspecified atom stereocenters. The zero-order valence-corrected chi connectivity index (χ0v) is 13.0. The van der Waals surface area contributed by atoms with Crippen molar-refractivity contribution < 1.29 is 0 Å². The molecule has 0 saturated carbocycles. The maximum Gasteiger partial charge on any atom is 0.0406 e. The van der Waals surface area contributed by atoms with E-state index in [1.807, 2.05) is 19.2 Å². The third-order valence-corrected chi connectivity index (χ3v) is 3.54. The summed E-state index contributed by atoms with van der Waals surface area (Å²) in [5.41, 5.74) is 6.38. The van der Waals surface area contributed by atoms with Gasteiger partial charge in [-0.15, -0.1) is 0 Å². The lowest BCUT2D eigenvalue weighted by atomic mass is 9.91. The first-order chi connectivity index (χ1) is 9.63. The van der Waals surface area contributed by atoms with Crippen LogP contribution in [-0.2, 0) is 6.54 Å². The van der Waals surface area contributed by atoms with E-state index in [4.69, 9.17) is 11.6 Å². The third kappa shape index (κ3) is 3.30. The molecule has 2 heteroatoms. The monoisotopic (exact) mass is 285 g/mol. The van der Waals surface area contributed by atoms with Crippen LogP contribution in [0.5, 0.6) is 0 Å². The molecule has 1 nitrogen and oxygen atoms in total. The Morgan fingerprint density at radius 1 is 1.00 bits per heavy atom. The number of rotatable bonds is 4. The highest BCUT2D eigenvalue weighted by atomic mass is 35.5. The maximum atomic E-state index is 6.00. The Hall–Kier alpha value is -1.57. The molecular weight excluding hydrogens is 266 g/mol. The average molecular weight is 286 g/mol. The topological polar surface area (TPSA) is 12.0 Å². The van der Waals surface area contributed by atoms with Gasteiger partial charge in [-0.2, -0.15) is 0 Å². The van der Waals surface area contributed by atoms with Crippen molar-refractivity contribution in [3.05, 3.63) is 75.8 Å². The standard InChI is InChI=1S/C18H20ClN/c1-13(2)18(14-8-10-16(19)11-9-14)17-7-5-4-6-15(17)12-20-3/h4-11,20H,12H2,1-3H3. The highest BCUT2D eigenvalue weighted by Gasteiger charge is 2.10. The lowest BCUT2D eigenvalue weighted by Crippen LogP contribution is -2.08.